The lowest BCUT2D eigenvalue weighted by Crippen LogP contribution is -2.31. The second kappa shape index (κ2) is 6.41. The van der Waals surface area contributed by atoms with Crippen molar-refractivity contribution >= 4 is 21.7 Å². The molecular weight excluding hydrogens is 330 g/mol. The third kappa shape index (κ3) is 3.34. The molecule has 4 heteroatoms. The van der Waals surface area contributed by atoms with Crippen molar-refractivity contribution in [3.05, 3.63) is 64.1 Å². The summed E-state index contributed by atoms with van der Waals surface area (Å²) in [5, 5.41) is 0. The maximum atomic E-state index is 12.4. The highest BCUT2D eigenvalue weighted by Crippen LogP contribution is 2.23. The molecular formula is C17H16BrNO2. The summed E-state index contributed by atoms with van der Waals surface area (Å²) in [5.74, 6) is 1.05. The third-order valence-corrected chi connectivity index (χ3v) is 4.26. The van der Waals surface area contributed by atoms with E-state index in [1.807, 2.05) is 42.5 Å². The number of hydrogen-bond acceptors (Lipinski definition) is 3. The Balaban J connectivity index is 1.74. The molecule has 0 fully saturated rings. The zero-order valence-corrected chi connectivity index (χ0v) is 13.2. The molecule has 0 amide bonds. The van der Waals surface area contributed by atoms with Crippen molar-refractivity contribution in [3.8, 4) is 5.75 Å². The molecule has 108 valence electrons. The van der Waals surface area contributed by atoms with Gasteiger partial charge in [0.15, 0.2) is 5.78 Å². The van der Waals surface area contributed by atoms with Crippen LogP contribution in [0.25, 0.3) is 0 Å². The Kier molecular flexibility index (Phi) is 4.36. The highest BCUT2D eigenvalue weighted by atomic mass is 79.9. The fraction of sp³-hybridized carbons (Fsp3) is 0.235. The molecule has 0 aliphatic carbocycles. The minimum atomic E-state index is 0.127. The topological polar surface area (TPSA) is 29.5 Å². The summed E-state index contributed by atoms with van der Waals surface area (Å²) in [4.78, 5) is 14.6. The Hall–Kier alpha value is -1.65. The highest BCUT2D eigenvalue weighted by Gasteiger charge is 2.19. The van der Waals surface area contributed by atoms with E-state index < -0.39 is 0 Å². The number of carbonyl (C=O) groups excluding carboxylic acids is 1. The molecule has 0 spiro atoms. The number of rotatable bonds is 3. The van der Waals surface area contributed by atoms with Gasteiger partial charge in [0.2, 0.25) is 0 Å². The smallest absolute Gasteiger partial charge is 0.177 e. The summed E-state index contributed by atoms with van der Waals surface area (Å²) >= 11 is 3.44. The lowest BCUT2D eigenvalue weighted by Gasteiger charge is -2.18. The van der Waals surface area contributed by atoms with Gasteiger partial charge in [0.05, 0.1) is 6.54 Å². The van der Waals surface area contributed by atoms with Gasteiger partial charge in [-0.25, -0.2) is 0 Å². The maximum absolute atomic E-state index is 12.4. The zero-order valence-electron chi connectivity index (χ0n) is 11.6. The molecule has 0 N–H and O–H groups in total. The van der Waals surface area contributed by atoms with Gasteiger partial charge in [-0.1, -0.05) is 52.3 Å². The van der Waals surface area contributed by atoms with Crippen LogP contribution in [0.1, 0.15) is 15.9 Å². The molecule has 21 heavy (non-hydrogen) atoms. The molecule has 0 unspecified atom stereocenters. The van der Waals surface area contributed by atoms with Crippen LogP contribution in [0, 0.1) is 0 Å². The number of nitrogens with zero attached hydrogens (tertiary/aromatic N) is 1. The van der Waals surface area contributed by atoms with Crippen LogP contribution in [-0.2, 0) is 6.54 Å². The number of fused-ring (bicyclic) bond motifs is 1. The summed E-state index contributed by atoms with van der Waals surface area (Å²) < 4.78 is 6.58. The number of halogens is 1. The first kappa shape index (κ1) is 14.3. The van der Waals surface area contributed by atoms with E-state index in [4.69, 9.17) is 4.74 Å². The maximum Gasteiger partial charge on any atom is 0.177 e. The lowest BCUT2D eigenvalue weighted by atomic mass is 10.1. The Morgan fingerprint density at radius 1 is 1.14 bits per heavy atom. The van der Waals surface area contributed by atoms with Gasteiger partial charge >= 0.3 is 0 Å². The Labute approximate surface area is 132 Å². The fourth-order valence-electron chi connectivity index (χ4n) is 2.49. The normalized spacial score (nSPS) is 14.9. The van der Waals surface area contributed by atoms with Crippen molar-refractivity contribution < 1.29 is 9.53 Å². The highest BCUT2D eigenvalue weighted by molar-refractivity contribution is 9.10. The molecule has 0 radical (unpaired) electrons. The number of benzene rings is 2. The van der Waals surface area contributed by atoms with E-state index in [-0.39, 0.29) is 5.78 Å². The van der Waals surface area contributed by atoms with Crippen molar-refractivity contribution in [2.75, 3.05) is 19.7 Å². The Bertz CT molecular complexity index is 657. The van der Waals surface area contributed by atoms with Gasteiger partial charge in [-0.2, -0.15) is 0 Å². The van der Waals surface area contributed by atoms with Crippen LogP contribution < -0.4 is 4.74 Å². The SMILES string of the molecule is O=C(CN1CCOc2ccccc2C1)c1ccccc1Br. The van der Waals surface area contributed by atoms with Crippen LogP contribution in [0.5, 0.6) is 5.75 Å². The molecule has 0 bridgehead atoms. The van der Waals surface area contributed by atoms with Crippen molar-refractivity contribution in [1.82, 2.24) is 4.90 Å². The number of carbonyl (C=O) groups is 1. The second-order valence-corrected chi connectivity index (χ2v) is 5.92. The van der Waals surface area contributed by atoms with Crippen molar-refractivity contribution in [1.29, 1.82) is 0 Å². The first-order valence-electron chi connectivity index (χ1n) is 6.95. The fourth-order valence-corrected chi connectivity index (χ4v) is 3.00. The summed E-state index contributed by atoms with van der Waals surface area (Å²) in [5.41, 5.74) is 1.87. The summed E-state index contributed by atoms with van der Waals surface area (Å²) in [7, 11) is 0. The standard InChI is InChI=1S/C17H16BrNO2/c18-15-7-3-2-6-14(15)16(20)12-19-9-10-21-17-8-4-1-5-13(17)11-19/h1-8H,9-12H2. The van der Waals surface area contributed by atoms with Crippen molar-refractivity contribution in [3.63, 3.8) is 0 Å². The summed E-state index contributed by atoms with van der Waals surface area (Å²) in [6, 6.07) is 15.6. The van der Waals surface area contributed by atoms with Crippen LogP contribution >= 0.6 is 15.9 Å². The minimum absolute atomic E-state index is 0.127. The van der Waals surface area contributed by atoms with Gasteiger partial charge in [0.25, 0.3) is 0 Å². The minimum Gasteiger partial charge on any atom is -0.492 e. The number of ketones is 1. The molecule has 3 nitrogen and oxygen atoms in total. The summed E-state index contributed by atoms with van der Waals surface area (Å²) in [6.07, 6.45) is 0. The first-order valence-corrected chi connectivity index (χ1v) is 7.74. The van der Waals surface area contributed by atoms with E-state index in [0.29, 0.717) is 13.2 Å². The molecule has 0 aromatic heterocycles. The molecule has 0 saturated heterocycles. The van der Waals surface area contributed by atoms with E-state index in [9.17, 15) is 4.79 Å². The largest absolute Gasteiger partial charge is 0.492 e. The van der Waals surface area contributed by atoms with Gasteiger partial charge in [-0.3, -0.25) is 9.69 Å². The van der Waals surface area contributed by atoms with Gasteiger partial charge in [-0.15, -0.1) is 0 Å². The Morgan fingerprint density at radius 2 is 1.90 bits per heavy atom. The van der Waals surface area contributed by atoms with E-state index in [1.54, 1.807) is 0 Å². The molecule has 1 aliphatic rings. The molecule has 1 aliphatic heterocycles. The van der Waals surface area contributed by atoms with Gasteiger partial charge in [-0.05, 0) is 12.1 Å². The number of hydrogen-bond donors (Lipinski definition) is 0. The molecule has 2 aromatic rings. The average Bonchev–Trinajstić information content (AvgIpc) is 2.69. The first-order chi connectivity index (χ1) is 10.2. The van der Waals surface area contributed by atoms with Gasteiger partial charge in [0.1, 0.15) is 12.4 Å². The lowest BCUT2D eigenvalue weighted by molar-refractivity contribution is 0.0920. The van der Waals surface area contributed by atoms with Crippen LogP contribution in [0.2, 0.25) is 0 Å². The molecule has 0 saturated carbocycles. The van der Waals surface area contributed by atoms with Crippen LogP contribution in [0.4, 0.5) is 0 Å². The van der Waals surface area contributed by atoms with Crippen LogP contribution in [0.3, 0.4) is 0 Å². The van der Waals surface area contributed by atoms with Gasteiger partial charge < -0.3 is 4.74 Å². The third-order valence-electron chi connectivity index (χ3n) is 3.57. The predicted molar refractivity (Wildman–Crippen MR) is 85.7 cm³/mol. The van der Waals surface area contributed by atoms with E-state index in [2.05, 4.69) is 26.9 Å². The average molecular weight is 346 g/mol. The number of Topliss-reactive ketones (excluding diaryl/α,β-unsaturated/α-hetero) is 1. The zero-order chi connectivity index (χ0) is 14.7. The Morgan fingerprint density at radius 3 is 2.76 bits per heavy atom. The second-order valence-electron chi connectivity index (χ2n) is 5.07. The number of para-hydroxylation sites is 1. The van der Waals surface area contributed by atoms with Crippen molar-refractivity contribution in [2.24, 2.45) is 0 Å². The van der Waals surface area contributed by atoms with Gasteiger partial charge in [0, 0.05) is 28.7 Å². The molecule has 2 aromatic carbocycles. The van der Waals surface area contributed by atoms with Crippen LogP contribution in [-0.4, -0.2) is 30.4 Å². The summed E-state index contributed by atoms with van der Waals surface area (Å²) in [6.45, 7) is 2.51. The van der Waals surface area contributed by atoms with E-state index in [0.717, 1.165) is 34.4 Å². The van der Waals surface area contributed by atoms with E-state index >= 15 is 0 Å². The quantitative estimate of drug-likeness (QED) is 0.797. The van der Waals surface area contributed by atoms with Crippen LogP contribution in [0.15, 0.2) is 53.0 Å². The number of ether oxygens (including phenoxy) is 1. The molecule has 1 heterocycles. The monoisotopic (exact) mass is 345 g/mol. The predicted octanol–water partition coefficient (Wildman–Crippen LogP) is 3.53. The van der Waals surface area contributed by atoms with E-state index in [1.165, 1.54) is 0 Å². The molecule has 3 rings (SSSR count). The molecule has 0 atom stereocenters. The van der Waals surface area contributed by atoms with Crippen molar-refractivity contribution in [2.45, 2.75) is 6.54 Å².